The molecule has 0 aromatic heterocycles. The largest absolute Gasteiger partial charge is 0.271 e. The van der Waals surface area contributed by atoms with Crippen LogP contribution in [0.3, 0.4) is 0 Å². The highest BCUT2D eigenvalue weighted by Gasteiger charge is 2.11. The molecular weight excluding hydrogens is 240 g/mol. The molecule has 102 valence electrons. The SMILES string of the molecule is Cc1cccc(C)c1CC(CSCC(C)C)NN. The van der Waals surface area contributed by atoms with Crippen molar-refractivity contribution in [2.45, 2.75) is 40.2 Å². The Morgan fingerprint density at radius 1 is 1.17 bits per heavy atom. The summed E-state index contributed by atoms with van der Waals surface area (Å²) in [6, 6.07) is 6.83. The first kappa shape index (κ1) is 15.5. The van der Waals surface area contributed by atoms with Crippen LogP contribution in [0.15, 0.2) is 18.2 Å². The lowest BCUT2D eigenvalue weighted by Crippen LogP contribution is -2.39. The molecule has 1 aromatic carbocycles. The third kappa shape index (κ3) is 5.01. The maximum Gasteiger partial charge on any atom is 0.0341 e. The molecule has 1 unspecified atom stereocenters. The van der Waals surface area contributed by atoms with E-state index in [0.29, 0.717) is 6.04 Å². The smallest absolute Gasteiger partial charge is 0.0341 e. The summed E-state index contributed by atoms with van der Waals surface area (Å²) in [7, 11) is 0. The summed E-state index contributed by atoms with van der Waals surface area (Å²) in [6.07, 6.45) is 1.01. The van der Waals surface area contributed by atoms with Gasteiger partial charge >= 0.3 is 0 Å². The number of nitrogens with one attached hydrogen (secondary N) is 1. The third-order valence-corrected chi connectivity index (χ3v) is 4.64. The van der Waals surface area contributed by atoms with Crippen LogP contribution in [-0.4, -0.2) is 17.5 Å². The molecule has 0 radical (unpaired) electrons. The fourth-order valence-corrected chi connectivity index (χ4v) is 3.14. The number of hydrogen-bond donors (Lipinski definition) is 2. The second-order valence-corrected chi connectivity index (χ2v) is 6.44. The molecule has 0 bridgehead atoms. The molecule has 0 spiro atoms. The van der Waals surface area contributed by atoms with Crippen LogP contribution < -0.4 is 11.3 Å². The average molecular weight is 266 g/mol. The summed E-state index contributed by atoms with van der Waals surface area (Å²) >= 11 is 1.98. The van der Waals surface area contributed by atoms with E-state index >= 15 is 0 Å². The minimum Gasteiger partial charge on any atom is -0.271 e. The van der Waals surface area contributed by atoms with E-state index in [1.54, 1.807) is 0 Å². The van der Waals surface area contributed by atoms with Crippen LogP contribution in [0.25, 0.3) is 0 Å². The van der Waals surface area contributed by atoms with Crippen molar-refractivity contribution in [1.82, 2.24) is 5.43 Å². The topological polar surface area (TPSA) is 38.0 Å². The second-order valence-electron chi connectivity index (χ2n) is 5.37. The first-order valence-corrected chi connectivity index (χ1v) is 7.79. The van der Waals surface area contributed by atoms with Crippen molar-refractivity contribution in [1.29, 1.82) is 0 Å². The lowest BCUT2D eigenvalue weighted by Gasteiger charge is -2.19. The molecule has 0 amide bonds. The molecule has 0 saturated heterocycles. The summed E-state index contributed by atoms with van der Waals surface area (Å²) in [4.78, 5) is 0. The monoisotopic (exact) mass is 266 g/mol. The van der Waals surface area contributed by atoms with E-state index in [4.69, 9.17) is 5.84 Å². The van der Waals surface area contributed by atoms with Gasteiger partial charge in [0.25, 0.3) is 0 Å². The van der Waals surface area contributed by atoms with Crippen molar-refractivity contribution >= 4 is 11.8 Å². The molecule has 1 aromatic rings. The van der Waals surface area contributed by atoms with Gasteiger partial charge in [-0.05, 0) is 48.6 Å². The molecule has 0 aliphatic carbocycles. The molecule has 0 heterocycles. The standard InChI is InChI=1S/C15H26N2S/c1-11(2)9-18-10-14(17-16)8-15-12(3)6-5-7-13(15)4/h5-7,11,14,17H,8-10,16H2,1-4H3. The van der Waals surface area contributed by atoms with Crippen molar-refractivity contribution in [3.8, 4) is 0 Å². The highest BCUT2D eigenvalue weighted by atomic mass is 32.2. The van der Waals surface area contributed by atoms with Gasteiger partial charge in [0.05, 0.1) is 0 Å². The Hall–Kier alpha value is -0.510. The summed E-state index contributed by atoms with van der Waals surface area (Å²) in [5.74, 6) is 8.69. The molecule has 3 heteroatoms. The van der Waals surface area contributed by atoms with Gasteiger partial charge in [-0.15, -0.1) is 0 Å². The van der Waals surface area contributed by atoms with E-state index in [0.717, 1.165) is 18.1 Å². The number of hydrazine groups is 1. The average Bonchev–Trinajstić information content (AvgIpc) is 2.31. The Labute approximate surface area is 116 Å². The van der Waals surface area contributed by atoms with Gasteiger partial charge in [0.2, 0.25) is 0 Å². The number of nitrogens with two attached hydrogens (primary N) is 1. The third-order valence-electron chi connectivity index (χ3n) is 3.10. The van der Waals surface area contributed by atoms with Gasteiger partial charge in [-0.2, -0.15) is 11.8 Å². The van der Waals surface area contributed by atoms with E-state index in [9.17, 15) is 0 Å². The zero-order chi connectivity index (χ0) is 13.5. The van der Waals surface area contributed by atoms with E-state index in [-0.39, 0.29) is 0 Å². The first-order valence-electron chi connectivity index (χ1n) is 6.63. The van der Waals surface area contributed by atoms with Crippen LogP contribution >= 0.6 is 11.8 Å². The molecular formula is C15H26N2S. The lowest BCUT2D eigenvalue weighted by atomic mass is 9.97. The number of aryl methyl sites for hydroxylation is 2. The summed E-state index contributed by atoms with van der Waals surface area (Å²) in [6.45, 7) is 8.86. The van der Waals surface area contributed by atoms with Crippen molar-refractivity contribution in [3.05, 3.63) is 34.9 Å². The molecule has 0 aliphatic rings. The summed E-state index contributed by atoms with van der Waals surface area (Å²) < 4.78 is 0. The quantitative estimate of drug-likeness (QED) is 0.588. The number of hydrogen-bond acceptors (Lipinski definition) is 3. The molecule has 0 aliphatic heterocycles. The Balaban J connectivity index is 2.57. The Morgan fingerprint density at radius 3 is 2.28 bits per heavy atom. The van der Waals surface area contributed by atoms with E-state index in [1.807, 2.05) is 11.8 Å². The van der Waals surface area contributed by atoms with Gasteiger partial charge in [-0.3, -0.25) is 11.3 Å². The molecule has 3 N–H and O–H groups in total. The number of rotatable bonds is 7. The van der Waals surface area contributed by atoms with Crippen molar-refractivity contribution in [2.75, 3.05) is 11.5 Å². The van der Waals surface area contributed by atoms with E-state index in [2.05, 4.69) is 51.3 Å². The predicted molar refractivity (Wildman–Crippen MR) is 82.9 cm³/mol. The van der Waals surface area contributed by atoms with Crippen molar-refractivity contribution in [3.63, 3.8) is 0 Å². The summed E-state index contributed by atoms with van der Waals surface area (Å²) in [5.41, 5.74) is 7.12. The fourth-order valence-electron chi connectivity index (χ4n) is 2.03. The van der Waals surface area contributed by atoms with Gasteiger partial charge in [0, 0.05) is 11.8 Å². The van der Waals surface area contributed by atoms with E-state index < -0.39 is 0 Å². The molecule has 2 nitrogen and oxygen atoms in total. The van der Waals surface area contributed by atoms with Gasteiger partial charge in [0.15, 0.2) is 0 Å². The van der Waals surface area contributed by atoms with Crippen LogP contribution in [0, 0.1) is 19.8 Å². The van der Waals surface area contributed by atoms with Crippen LogP contribution in [0.2, 0.25) is 0 Å². The minimum atomic E-state index is 0.355. The van der Waals surface area contributed by atoms with E-state index in [1.165, 1.54) is 22.4 Å². The zero-order valence-electron chi connectivity index (χ0n) is 12.0. The maximum atomic E-state index is 5.67. The molecule has 1 atom stereocenters. The van der Waals surface area contributed by atoms with Crippen LogP contribution in [0.4, 0.5) is 0 Å². The zero-order valence-corrected chi connectivity index (χ0v) is 12.8. The van der Waals surface area contributed by atoms with Crippen LogP contribution in [0.5, 0.6) is 0 Å². The highest BCUT2D eigenvalue weighted by Crippen LogP contribution is 2.17. The molecule has 1 rings (SSSR count). The first-order chi connectivity index (χ1) is 8.54. The number of thioether (sulfide) groups is 1. The highest BCUT2D eigenvalue weighted by molar-refractivity contribution is 7.99. The normalized spacial score (nSPS) is 13.0. The molecule has 18 heavy (non-hydrogen) atoms. The van der Waals surface area contributed by atoms with Gasteiger partial charge in [-0.1, -0.05) is 32.0 Å². The van der Waals surface area contributed by atoms with Crippen molar-refractivity contribution < 1.29 is 0 Å². The fraction of sp³-hybridized carbons (Fsp3) is 0.600. The maximum absolute atomic E-state index is 5.67. The van der Waals surface area contributed by atoms with Crippen LogP contribution in [0.1, 0.15) is 30.5 Å². The van der Waals surface area contributed by atoms with Gasteiger partial charge < -0.3 is 0 Å². The summed E-state index contributed by atoms with van der Waals surface area (Å²) in [5, 5.41) is 0. The Bertz CT molecular complexity index is 343. The Kier molecular flexibility index (Phi) is 6.76. The predicted octanol–water partition coefficient (Wildman–Crippen LogP) is 3.07. The molecule has 0 saturated carbocycles. The van der Waals surface area contributed by atoms with Gasteiger partial charge in [0.1, 0.15) is 0 Å². The Morgan fingerprint density at radius 2 is 1.78 bits per heavy atom. The lowest BCUT2D eigenvalue weighted by molar-refractivity contribution is 0.572. The van der Waals surface area contributed by atoms with Gasteiger partial charge in [-0.25, -0.2) is 0 Å². The second kappa shape index (κ2) is 7.82. The van der Waals surface area contributed by atoms with Crippen molar-refractivity contribution in [2.24, 2.45) is 11.8 Å². The molecule has 0 fully saturated rings. The minimum absolute atomic E-state index is 0.355. The van der Waals surface area contributed by atoms with Crippen LogP contribution in [-0.2, 0) is 6.42 Å². The number of benzene rings is 1.